The monoisotopic (exact) mass is 490 g/mol. The summed E-state index contributed by atoms with van der Waals surface area (Å²) in [5.41, 5.74) is 0.957. The summed E-state index contributed by atoms with van der Waals surface area (Å²) >= 11 is 0. The SMILES string of the molecule is CC(C)CC(NC(=O)COC(=O)CNS(=O)(=O)c1ccc2c(c1)OCCCO2)c1ccccc1. The maximum absolute atomic E-state index is 12.6. The minimum absolute atomic E-state index is 0.0679. The summed E-state index contributed by atoms with van der Waals surface area (Å²) in [5.74, 6) is -0.198. The van der Waals surface area contributed by atoms with Gasteiger partial charge in [-0.1, -0.05) is 44.2 Å². The molecule has 0 spiro atoms. The quantitative estimate of drug-likeness (QED) is 0.491. The molecule has 1 atom stereocenters. The fourth-order valence-corrected chi connectivity index (χ4v) is 4.40. The van der Waals surface area contributed by atoms with Crippen LogP contribution in [0.5, 0.6) is 11.5 Å². The summed E-state index contributed by atoms with van der Waals surface area (Å²) in [4.78, 5) is 24.3. The maximum Gasteiger partial charge on any atom is 0.321 e. The molecule has 0 saturated heterocycles. The molecule has 0 bridgehead atoms. The van der Waals surface area contributed by atoms with E-state index in [-0.39, 0.29) is 10.9 Å². The van der Waals surface area contributed by atoms with E-state index in [1.54, 1.807) is 0 Å². The van der Waals surface area contributed by atoms with Crippen LogP contribution in [0.1, 0.15) is 38.3 Å². The largest absolute Gasteiger partial charge is 0.490 e. The number of hydrogen-bond donors (Lipinski definition) is 2. The van der Waals surface area contributed by atoms with Crippen LogP contribution in [-0.2, 0) is 24.3 Å². The van der Waals surface area contributed by atoms with Gasteiger partial charge in [0.15, 0.2) is 18.1 Å². The standard InChI is InChI=1S/C24H30N2O7S/c1-17(2)13-20(18-7-4-3-5-8-18)26-23(27)16-33-24(28)15-25-34(29,30)19-9-10-21-22(14-19)32-12-6-11-31-21/h3-5,7-10,14,17,20,25H,6,11-13,15-16H2,1-2H3,(H,26,27). The first-order chi connectivity index (χ1) is 16.2. The van der Waals surface area contributed by atoms with Crippen LogP contribution in [0.25, 0.3) is 0 Å². The van der Waals surface area contributed by atoms with Gasteiger partial charge >= 0.3 is 5.97 Å². The van der Waals surface area contributed by atoms with Gasteiger partial charge in [-0.3, -0.25) is 9.59 Å². The topological polar surface area (TPSA) is 120 Å². The van der Waals surface area contributed by atoms with Crippen molar-refractivity contribution in [2.75, 3.05) is 26.4 Å². The van der Waals surface area contributed by atoms with Gasteiger partial charge in [0.2, 0.25) is 10.0 Å². The Morgan fingerprint density at radius 2 is 1.74 bits per heavy atom. The number of carbonyl (C=O) groups excluding carboxylic acids is 2. The third kappa shape index (κ3) is 7.46. The van der Waals surface area contributed by atoms with Crippen molar-refractivity contribution in [3.63, 3.8) is 0 Å². The van der Waals surface area contributed by atoms with Crippen LogP contribution < -0.4 is 19.5 Å². The Bertz CT molecular complexity index is 1090. The second-order valence-corrected chi connectivity index (χ2v) is 10.1. The Morgan fingerprint density at radius 1 is 1.03 bits per heavy atom. The lowest BCUT2D eigenvalue weighted by Gasteiger charge is -2.21. The fourth-order valence-electron chi connectivity index (χ4n) is 3.42. The summed E-state index contributed by atoms with van der Waals surface area (Å²) in [5, 5.41) is 2.87. The Kier molecular flexibility index (Phi) is 8.89. The fraction of sp³-hybridized carbons (Fsp3) is 0.417. The van der Waals surface area contributed by atoms with E-state index in [2.05, 4.69) is 23.9 Å². The first kappa shape index (κ1) is 25.5. The summed E-state index contributed by atoms with van der Waals surface area (Å²) in [6.45, 7) is 3.89. The van der Waals surface area contributed by atoms with Crippen LogP contribution in [0.15, 0.2) is 53.4 Å². The molecule has 0 aliphatic carbocycles. The molecule has 0 saturated carbocycles. The minimum Gasteiger partial charge on any atom is -0.490 e. The van der Waals surface area contributed by atoms with Gasteiger partial charge in [0.1, 0.15) is 6.54 Å². The third-order valence-corrected chi connectivity index (χ3v) is 6.44. The summed E-state index contributed by atoms with van der Waals surface area (Å²) in [7, 11) is -3.99. The highest BCUT2D eigenvalue weighted by atomic mass is 32.2. The Balaban J connectivity index is 1.50. The molecule has 2 aromatic rings. The molecule has 0 fully saturated rings. The smallest absolute Gasteiger partial charge is 0.321 e. The molecule has 1 heterocycles. The Hall–Kier alpha value is -3.11. The molecule has 1 aliphatic rings. The van der Waals surface area contributed by atoms with Gasteiger partial charge in [-0.2, -0.15) is 4.72 Å². The average Bonchev–Trinajstić information content (AvgIpc) is 3.06. The van der Waals surface area contributed by atoms with Crippen molar-refractivity contribution in [1.82, 2.24) is 10.0 Å². The predicted octanol–water partition coefficient (Wildman–Crippen LogP) is 2.57. The van der Waals surface area contributed by atoms with Gasteiger partial charge in [0.25, 0.3) is 5.91 Å². The third-order valence-electron chi connectivity index (χ3n) is 5.04. The van der Waals surface area contributed by atoms with Crippen LogP contribution in [0.2, 0.25) is 0 Å². The second kappa shape index (κ2) is 11.8. The summed E-state index contributed by atoms with van der Waals surface area (Å²) < 4.78 is 43.3. The number of benzene rings is 2. The molecule has 3 rings (SSSR count). The van der Waals surface area contributed by atoms with Gasteiger partial charge in [0, 0.05) is 12.5 Å². The van der Waals surface area contributed by atoms with Gasteiger partial charge in [-0.05, 0) is 30.0 Å². The molecule has 9 nitrogen and oxygen atoms in total. The molecule has 1 amide bonds. The lowest BCUT2D eigenvalue weighted by atomic mass is 9.97. The number of fused-ring (bicyclic) bond motifs is 1. The first-order valence-corrected chi connectivity index (χ1v) is 12.6. The lowest BCUT2D eigenvalue weighted by molar-refractivity contribution is -0.147. The first-order valence-electron chi connectivity index (χ1n) is 11.1. The molecule has 0 radical (unpaired) electrons. The minimum atomic E-state index is -3.99. The maximum atomic E-state index is 12.6. The number of esters is 1. The molecule has 0 aromatic heterocycles. The van der Waals surface area contributed by atoms with Crippen LogP contribution in [-0.4, -0.2) is 46.7 Å². The number of carbonyl (C=O) groups is 2. The lowest BCUT2D eigenvalue weighted by Crippen LogP contribution is -2.35. The second-order valence-electron chi connectivity index (χ2n) is 8.30. The van der Waals surface area contributed by atoms with E-state index >= 15 is 0 Å². The Morgan fingerprint density at radius 3 is 2.44 bits per heavy atom. The van der Waals surface area contributed by atoms with Crippen molar-refractivity contribution in [2.45, 2.75) is 37.6 Å². The van der Waals surface area contributed by atoms with E-state index in [4.69, 9.17) is 14.2 Å². The zero-order valence-electron chi connectivity index (χ0n) is 19.3. The molecule has 2 N–H and O–H groups in total. The highest BCUT2D eigenvalue weighted by Gasteiger charge is 2.21. The Labute approximate surface area is 199 Å². The van der Waals surface area contributed by atoms with Crippen molar-refractivity contribution in [1.29, 1.82) is 0 Å². The molecule has 1 unspecified atom stereocenters. The molecular weight excluding hydrogens is 460 g/mol. The van der Waals surface area contributed by atoms with E-state index < -0.39 is 35.1 Å². The molecule has 1 aliphatic heterocycles. The van der Waals surface area contributed by atoms with Crippen LogP contribution in [0, 0.1) is 5.92 Å². The molecule has 2 aromatic carbocycles. The van der Waals surface area contributed by atoms with E-state index in [1.165, 1.54) is 18.2 Å². The van der Waals surface area contributed by atoms with Crippen LogP contribution in [0.3, 0.4) is 0 Å². The number of hydrogen-bond acceptors (Lipinski definition) is 7. The van der Waals surface area contributed by atoms with Gasteiger partial charge in [0.05, 0.1) is 24.2 Å². The van der Waals surface area contributed by atoms with Crippen molar-refractivity contribution < 1.29 is 32.2 Å². The van der Waals surface area contributed by atoms with Crippen molar-refractivity contribution >= 4 is 21.9 Å². The van der Waals surface area contributed by atoms with Gasteiger partial charge < -0.3 is 19.5 Å². The average molecular weight is 491 g/mol. The van der Waals surface area contributed by atoms with Crippen molar-refractivity contribution in [3.8, 4) is 11.5 Å². The molecular formula is C24H30N2O7S. The summed E-state index contributed by atoms with van der Waals surface area (Å²) in [6, 6.07) is 13.5. The molecule has 184 valence electrons. The number of nitrogens with one attached hydrogen (secondary N) is 2. The van der Waals surface area contributed by atoms with E-state index in [0.717, 1.165) is 12.0 Å². The number of rotatable bonds is 10. The van der Waals surface area contributed by atoms with Crippen molar-refractivity contribution in [2.24, 2.45) is 5.92 Å². The van der Waals surface area contributed by atoms with Gasteiger partial charge in [-0.15, -0.1) is 0 Å². The van der Waals surface area contributed by atoms with E-state index in [9.17, 15) is 18.0 Å². The number of ether oxygens (including phenoxy) is 3. The van der Waals surface area contributed by atoms with Crippen molar-refractivity contribution in [3.05, 3.63) is 54.1 Å². The highest BCUT2D eigenvalue weighted by molar-refractivity contribution is 7.89. The highest BCUT2D eigenvalue weighted by Crippen LogP contribution is 2.31. The van der Waals surface area contributed by atoms with Crippen LogP contribution in [0.4, 0.5) is 0 Å². The molecule has 10 heteroatoms. The van der Waals surface area contributed by atoms with Crippen LogP contribution >= 0.6 is 0 Å². The zero-order chi connectivity index (χ0) is 24.6. The van der Waals surface area contributed by atoms with Gasteiger partial charge in [-0.25, -0.2) is 8.42 Å². The van der Waals surface area contributed by atoms with E-state index in [0.29, 0.717) is 37.1 Å². The zero-order valence-corrected chi connectivity index (χ0v) is 20.1. The normalized spacial score (nSPS) is 14.2. The number of amides is 1. The predicted molar refractivity (Wildman–Crippen MR) is 125 cm³/mol. The number of sulfonamides is 1. The van der Waals surface area contributed by atoms with E-state index in [1.807, 2.05) is 30.3 Å². The molecule has 34 heavy (non-hydrogen) atoms. The summed E-state index contributed by atoms with van der Waals surface area (Å²) in [6.07, 6.45) is 1.41.